The van der Waals surface area contributed by atoms with Crippen molar-refractivity contribution in [3.63, 3.8) is 0 Å². The Bertz CT molecular complexity index is 1450. The van der Waals surface area contributed by atoms with Crippen molar-refractivity contribution >= 4 is 35.2 Å². The quantitative estimate of drug-likeness (QED) is 0.269. The highest BCUT2D eigenvalue weighted by atomic mass is 35.5. The molecule has 14 heteroatoms. The molecule has 0 fully saturated rings. The highest BCUT2D eigenvalue weighted by molar-refractivity contribution is 6.32. The topological polar surface area (TPSA) is 177 Å². The molecule has 43 heavy (non-hydrogen) atoms. The van der Waals surface area contributed by atoms with E-state index in [0.717, 1.165) is 5.56 Å². The van der Waals surface area contributed by atoms with E-state index in [1.54, 1.807) is 16.9 Å². The highest BCUT2D eigenvalue weighted by Crippen LogP contribution is 2.25. The summed E-state index contributed by atoms with van der Waals surface area (Å²) in [5.74, 6) is -2.17. The number of hydrogen-bond acceptors (Lipinski definition) is 8. The van der Waals surface area contributed by atoms with Crippen LogP contribution in [0.4, 0.5) is 0 Å². The van der Waals surface area contributed by atoms with Gasteiger partial charge >= 0.3 is 0 Å². The first-order valence-electron chi connectivity index (χ1n) is 13.8. The van der Waals surface area contributed by atoms with Gasteiger partial charge in [0.05, 0.1) is 30.5 Å². The van der Waals surface area contributed by atoms with Crippen LogP contribution >= 0.6 is 11.6 Å². The summed E-state index contributed by atoms with van der Waals surface area (Å²) >= 11 is 6.32. The van der Waals surface area contributed by atoms with Crippen LogP contribution in [0.2, 0.25) is 5.02 Å². The maximum atomic E-state index is 13.3. The van der Waals surface area contributed by atoms with Crippen LogP contribution in [-0.2, 0) is 33.9 Å². The van der Waals surface area contributed by atoms with Crippen LogP contribution in [0, 0.1) is 0 Å². The third-order valence-corrected chi connectivity index (χ3v) is 7.03. The number of carbonyl (C=O) groups excluding carboxylic acids is 4. The van der Waals surface area contributed by atoms with Crippen LogP contribution in [0.1, 0.15) is 41.9 Å². The fraction of sp³-hybridized carbons (Fsp3) is 0.379. The van der Waals surface area contributed by atoms with E-state index in [0.29, 0.717) is 31.0 Å². The molecule has 5 rings (SSSR count). The second kappa shape index (κ2) is 14.6. The first-order chi connectivity index (χ1) is 20.6. The lowest BCUT2D eigenvalue weighted by Crippen LogP contribution is -2.59. The molecule has 2 aromatic carbocycles. The monoisotopic (exact) mass is 611 g/mol. The summed E-state index contributed by atoms with van der Waals surface area (Å²) in [7, 11) is 0. The smallest absolute Gasteiger partial charge is 0.251 e. The molecule has 3 aromatic rings. The average Bonchev–Trinajstić information content (AvgIpc) is 3.44. The van der Waals surface area contributed by atoms with Crippen LogP contribution in [0.25, 0.3) is 0 Å². The van der Waals surface area contributed by atoms with Crippen molar-refractivity contribution in [3.8, 4) is 5.75 Å². The van der Waals surface area contributed by atoms with E-state index in [4.69, 9.17) is 16.3 Å². The van der Waals surface area contributed by atoms with Crippen molar-refractivity contribution in [1.82, 2.24) is 36.3 Å². The molecule has 13 nitrogen and oxygen atoms in total. The molecule has 228 valence electrons. The van der Waals surface area contributed by atoms with Gasteiger partial charge in [-0.05, 0) is 37.6 Å². The van der Waals surface area contributed by atoms with Crippen molar-refractivity contribution in [3.05, 3.63) is 76.6 Å². The lowest BCUT2D eigenvalue weighted by molar-refractivity contribution is -0.134. The Labute approximate surface area is 253 Å². The number of rotatable bonds is 3. The number of nitrogens with zero attached hydrogens (tertiary/aromatic N) is 3. The van der Waals surface area contributed by atoms with E-state index < -0.39 is 47.9 Å². The summed E-state index contributed by atoms with van der Waals surface area (Å²) in [4.78, 5) is 52.4. The summed E-state index contributed by atoms with van der Waals surface area (Å²) in [6, 6.07) is 10.1. The number of aryl methyl sites for hydroxylation is 1. The summed E-state index contributed by atoms with van der Waals surface area (Å²) < 4.78 is 7.37. The molecular formula is C29H34ClN7O6. The summed E-state index contributed by atoms with van der Waals surface area (Å²) in [5, 5.41) is 29.2. The molecule has 4 amide bonds. The number of halogens is 1. The Kier molecular flexibility index (Phi) is 10.7. The second-order valence-corrected chi connectivity index (χ2v) is 10.6. The van der Waals surface area contributed by atoms with Gasteiger partial charge in [0.1, 0.15) is 29.6 Å². The molecule has 5 N–H and O–H groups in total. The molecule has 0 spiro atoms. The van der Waals surface area contributed by atoms with E-state index in [1.807, 2.05) is 30.3 Å². The summed E-state index contributed by atoms with van der Waals surface area (Å²) in [6.07, 6.45) is 1.11. The van der Waals surface area contributed by atoms with Gasteiger partial charge in [0.25, 0.3) is 5.91 Å². The second-order valence-electron chi connectivity index (χ2n) is 10.2. The Morgan fingerprint density at radius 2 is 1.81 bits per heavy atom. The molecule has 0 saturated carbocycles. The number of ether oxygens (including phenoxy) is 1. The van der Waals surface area contributed by atoms with Crippen molar-refractivity contribution in [2.24, 2.45) is 0 Å². The largest absolute Gasteiger partial charge is 0.492 e. The minimum atomic E-state index is -1.41. The number of hydrogen-bond donors (Lipinski definition) is 5. The fourth-order valence-corrected chi connectivity index (χ4v) is 4.58. The van der Waals surface area contributed by atoms with Gasteiger partial charge in [-0.3, -0.25) is 23.9 Å². The Morgan fingerprint density at radius 3 is 2.53 bits per heavy atom. The molecule has 0 unspecified atom stereocenters. The number of aliphatic hydroxyl groups is 1. The van der Waals surface area contributed by atoms with Crippen molar-refractivity contribution in [2.45, 2.75) is 64.0 Å². The molecule has 0 aliphatic carbocycles. The lowest BCUT2D eigenvalue weighted by atomic mass is 10.0. The Balaban J connectivity index is 1.58. The third-order valence-electron chi connectivity index (χ3n) is 6.73. The van der Waals surface area contributed by atoms with Gasteiger partial charge in [-0.25, -0.2) is 0 Å². The first kappa shape index (κ1) is 31.4. The minimum Gasteiger partial charge on any atom is -0.492 e. The number of nitrogens with one attached hydrogen (secondary N) is 4. The van der Waals surface area contributed by atoms with E-state index in [9.17, 15) is 24.3 Å². The highest BCUT2D eigenvalue weighted by Gasteiger charge is 2.31. The van der Waals surface area contributed by atoms with Crippen LogP contribution in [0.3, 0.4) is 0 Å². The zero-order chi connectivity index (χ0) is 30.9. The van der Waals surface area contributed by atoms with Crippen molar-refractivity contribution < 1.29 is 29.0 Å². The van der Waals surface area contributed by atoms with Crippen LogP contribution < -0.4 is 26.0 Å². The predicted molar refractivity (Wildman–Crippen MR) is 156 cm³/mol. The minimum absolute atomic E-state index is 0.0617. The number of carbonyl (C=O) groups is 4. The van der Waals surface area contributed by atoms with Crippen molar-refractivity contribution in [1.29, 1.82) is 0 Å². The standard InChI is InChI=1S/C29H34ClN7O6/c1-17-26(39)34-25(18(2)38)29(42)33-23(13-19-7-4-3-5-8-19)28(41)31-15-21-16-37(36-35-21)11-6-12-43-24-10-9-20(14-22(24)30)27(40)32-17/h3-5,7-10,14,16-18,23,25,38H,6,11-13,15H2,1-2H3,(H,31,41)(H,32,40)(H,33,42)(H,34,39)/t17-,18-,23+,25+/m1/s1. The molecule has 4 atom stereocenters. The molecular weight excluding hydrogens is 578 g/mol. The lowest BCUT2D eigenvalue weighted by Gasteiger charge is -2.26. The zero-order valence-corrected chi connectivity index (χ0v) is 24.5. The molecule has 3 heterocycles. The van der Waals surface area contributed by atoms with E-state index in [1.165, 1.54) is 26.0 Å². The van der Waals surface area contributed by atoms with E-state index in [2.05, 4.69) is 31.6 Å². The molecule has 2 aliphatic rings. The molecule has 4 bridgehead atoms. The van der Waals surface area contributed by atoms with Crippen LogP contribution in [-0.4, -0.2) is 74.6 Å². The predicted octanol–water partition coefficient (Wildman–Crippen LogP) is 0.742. The molecule has 0 radical (unpaired) electrons. The average molecular weight is 612 g/mol. The summed E-state index contributed by atoms with van der Waals surface area (Å²) in [6.45, 7) is 3.64. The van der Waals surface area contributed by atoms with Crippen molar-refractivity contribution in [2.75, 3.05) is 6.61 Å². The van der Waals surface area contributed by atoms with Crippen LogP contribution in [0.15, 0.2) is 54.7 Å². The van der Waals surface area contributed by atoms with Gasteiger partial charge in [-0.15, -0.1) is 5.10 Å². The maximum Gasteiger partial charge on any atom is 0.251 e. The SMILES string of the molecule is C[C@H]1NC(=O)c2ccc(c(Cl)c2)OCCCn2cc(nn2)CNC(=O)[C@H](Cc2ccccc2)NC(=O)[C@H]([C@@H](C)O)NC1=O. The van der Waals surface area contributed by atoms with E-state index in [-0.39, 0.29) is 23.6 Å². The summed E-state index contributed by atoms with van der Waals surface area (Å²) in [5.41, 5.74) is 1.50. The van der Waals surface area contributed by atoms with Gasteiger partial charge in [0, 0.05) is 24.9 Å². The van der Waals surface area contributed by atoms with Gasteiger partial charge < -0.3 is 31.1 Å². The Morgan fingerprint density at radius 1 is 1.05 bits per heavy atom. The Hall–Kier alpha value is -4.49. The van der Waals surface area contributed by atoms with Crippen LogP contribution in [0.5, 0.6) is 5.75 Å². The molecule has 0 saturated heterocycles. The van der Waals surface area contributed by atoms with E-state index >= 15 is 0 Å². The fourth-order valence-electron chi connectivity index (χ4n) is 4.35. The first-order valence-corrected chi connectivity index (χ1v) is 14.2. The van der Waals surface area contributed by atoms with Gasteiger partial charge in [-0.1, -0.05) is 47.1 Å². The van der Waals surface area contributed by atoms with Gasteiger partial charge in [0.15, 0.2) is 0 Å². The molecule has 1 aromatic heterocycles. The molecule has 2 aliphatic heterocycles. The number of amides is 4. The zero-order valence-electron chi connectivity index (χ0n) is 23.7. The number of benzene rings is 2. The van der Waals surface area contributed by atoms with Gasteiger partial charge in [0.2, 0.25) is 17.7 Å². The maximum absolute atomic E-state index is 13.3. The number of aromatic nitrogens is 3. The third kappa shape index (κ3) is 8.75. The number of aliphatic hydroxyl groups excluding tert-OH is 1. The van der Waals surface area contributed by atoms with Gasteiger partial charge in [-0.2, -0.15) is 0 Å². The normalized spacial score (nSPS) is 21.5. The number of fused-ring (bicyclic) bond motifs is 16.